The van der Waals surface area contributed by atoms with Gasteiger partial charge in [-0.15, -0.1) is 0 Å². The Morgan fingerprint density at radius 3 is 2.45 bits per heavy atom. The Bertz CT molecular complexity index is 1320. The second-order valence-electron chi connectivity index (χ2n) is 10.2. The van der Waals surface area contributed by atoms with Gasteiger partial charge in [-0.05, 0) is 68.0 Å². The summed E-state index contributed by atoms with van der Waals surface area (Å²) in [7, 11) is 1.51. The molecule has 0 amide bonds. The number of piperidine rings is 1. The number of alkyl halides is 1. The zero-order chi connectivity index (χ0) is 28.9. The Morgan fingerprint density at radius 2 is 1.82 bits per heavy atom. The first kappa shape index (κ1) is 29.5. The Kier molecular flexibility index (Phi) is 9.47. The second kappa shape index (κ2) is 12.8. The highest BCUT2D eigenvalue weighted by atomic mass is 19.2. The van der Waals surface area contributed by atoms with E-state index >= 15 is 0 Å². The van der Waals surface area contributed by atoms with E-state index in [4.69, 9.17) is 9.47 Å². The molecule has 2 aromatic carbocycles. The van der Waals surface area contributed by atoms with Crippen molar-refractivity contribution in [3.05, 3.63) is 65.1 Å². The quantitative estimate of drug-likeness (QED) is 0.219. The zero-order valence-corrected chi connectivity index (χ0v) is 22.1. The first-order chi connectivity index (χ1) is 19.1. The van der Waals surface area contributed by atoms with Crippen molar-refractivity contribution in [2.45, 2.75) is 44.9 Å². The van der Waals surface area contributed by atoms with Crippen molar-refractivity contribution >= 4 is 16.9 Å². The molecular formula is C29H32F4N2O5. The number of aliphatic hydroxyl groups excluding tert-OH is 1. The molecule has 0 bridgehead atoms. The van der Waals surface area contributed by atoms with Crippen LogP contribution in [0.1, 0.15) is 49.3 Å². The lowest BCUT2D eigenvalue weighted by Crippen LogP contribution is -2.42. The Hall–Kier alpha value is -3.44. The molecule has 1 atom stereocenters. The van der Waals surface area contributed by atoms with Gasteiger partial charge in [0, 0.05) is 35.8 Å². The SMILES string of the molecule is COc1ccc2ncc(CF)c([C@@H](O)CCC3(CC(=O)O)CCN(CCOc4cc(F)c(F)c(F)c4)CC3)c2c1. The number of hydrogen-bond acceptors (Lipinski definition) is 6. The lowest BCUT2D eigenvalue weighted by molar-refractivity contribution is -0.141. The number of aromatic nitrogens is 1. The number of aliphatic carboxylic acids is 1. The second-order valence-corrected chi connectivity index (χ2v) is 10.2. The number of ether oxygens (including phenoxy) is 2. The summed E-state index contributed by atoms with van der Waals surface area (Å²) in [4.78, 5) is 18.1. The molecule has 11 heteroatoms. The molecule has 4 rings (SSSR count). The minimum Gasteiger partial charge on any atom is -0.497 e. The van der Waals surface area contributed by atoms with Crippen LogP contribution in [0.4, 0.5) is 17.6 Å². The molecule has 1 saturated heterocycles. The Balaban J connectivity index is 1.40. The molecule has 0 aliphatic carbocycles. The van der Waals surface area contributed by atoms with Gasteiger partial charge in [0.1, 0.15) is 24.8 Å². The van der Waals surface area contributed by atoms with Crippen LogP contribution in [0.15, 0.2) is 36.5 Å². The van der Waals surface area contributed by atoms with Crippen molar-refractivity contribution in [1.29, 1.82) is 0 Å². The van der Waals surface area contributed by atoms with E-state index in [0.717, 1.165) is 12.1 Å². The zero-order valence-electron chi connectivity index (χ0n) is 22.1. The number of pyridine rings is 1. The van der Waals surface area contributed by atoms with Crippen LogP contribution in [0.5, 0.6) is 11.5 Å². The average molecular weight is 565 g/mol. The number of fused-ring (bicyclic) bond motifs is 1. The van der Waals surface area contributed by atoms with Gasteiger partial charge in [0.2, 0.25) is 0 Å². The van der Waals surface area contributed by atoms with Crippen molar-refractivity contribution in [3.8, 4) is 11.5 Å². The number of nitrogens with zero attached hydrogens (tertiary/aromatic N) is 2. The van der Waals surface area contributed by atoms with Gasteiger partial charge in [-0.2, -0.15) is 0 Å². The highest BCUT2D eigenvalue weighted by Gasteiger charge is 2.37. The highest BCUT2D eigenvalue weighted by Crippen LogP contribution is 2.42. The summed E-state index contributed by atoms with van der Waals surface area (Å²) in [5.74, 6) is -4.71. The van der Waals surface area contributed by atoms with E-state index in [2.05, 4.69) is 9.88 Å². The van der Waals surface area contributed by atoms with Crippen LogP contribution in [0, 0.1) is 22.9 Å². The molecule has 0 saturated carbocycles. The van der Waals surface area contributed by atoms with Gasteiger partial charge in [-0.25, -0.2) is 17.6 Å². The first-order valence-electron chi connectivity index (χ1n) is 13.1. The Morgan fingerprint density at radius 1 is 1.12 bits per heavy atom. The third kappa shape index (κ3) is 6.82. The van der Waals surface area contributed by atoms with Gasteiger partial charge in [-0.3, -0.25) is 14.7 Å². The molecule has 2 heterocycles. The monoisotopic (exact) mass is 564 g/mol. The number of carbonyl (C=O) groups is 1. The summed E-state index contributed by atoms with van der Waals surface area (Å²) < 4.78 is 64.5. The van der Waals surface area contributed by atoms with Gasteiger partial charge < -0.3 is 19.7 Å². The number of carboxylic acid groups (broad SMARTS) is 1. The highest BCUT2D eigenvalue weighted by molar-refractivity contribution is 5.85. The van der Waals surface area contributed by atoms with Gasteiger partial charge in [0.05, 0.1) is 25.2 Å². The number of methoxy groups -OCH3 is 1. The normalized spacial score (nSPS) is 16.1. The fraction of sp³-hybridized carbons (Fsp3) is 0.448. The van der Waals surface area contributed by atoms with Crippen LogP contribution < -0.4 is 9.47 Å². The molecule has 1 aliphatic rings. The standard InChI is InChI=1S/C29H32F4N2O5/c1-39-19-2-3-24-21(12-19)27(18(16-30)17-34-24)25(36)4-5-29(15-26(37)38)6-8-35(9-7-29)10-11-40-20-13-22(31)28(33)23(32)14-20/h2-3,12-14,17,25,36H,4-11,15-16H2,1H3,(H,37,38)/t25-/m0/s1. The van der Waals surface area contributed by atoms with Gasteiger partial charge >= 0.3 is 5.97 Å². The number of halogens is 4. The van der Waals surface area contributed by atoms with E-state index in [0.29, 0.717) is 61.1 Å². The van der Waals surface area contributed by atoms with Gasteiger partial charge in [-0.1, -0.05) is 0 Å². The van der Waals surface area contributed by atoms with E-state index in [1.165, 1.54) is 13.3 Å². The number of likely N-dealkylation sites (tertiary alicyclic amines) is 1. The lowest BCUT2D eigenvalue weighted by Gasteiger charge is -2.41. The van der Waals surface area contributed by atoms with Crippen molar-refractivity contribution < 1.29 is 42.0 Å². The fourth-order valence-electron chi connectivity index (χ4n) is 5.44. The van der Waals surface area contributed by atoms with Crippen molar-refractivity contribution in [2.75, 3.05) is 33.4 Å². The lowest BCUT2D eigenvalue weighted by atomic mass is 9.71. The molecule has 1 fully saturated rings. The van der Waals surface area contributed by atoms with Crippen LogP contribution >= 0.6 is 0 Å². The number of hydrogen-bond donors (Lipinski definition) is 2. The largest absolute Gasteiger partial charge is 0.497 e. The van der Waals surface area contributed by atoms with Crippen molar-refractivity contribution in [2.24, 2.45) is 5.41 Å². The van der Waals surface area contributed by atoms with Crippen molar-refractivity contribution in [1.82, 2.24) is 9.88 Å². The third-order valence-electron chi connectivity index (χ3n) is 7.70. The average Bonchev–Trinajstić information content (AvgIpc) is 2.94. The number of benzene rings is 2. The summed E-state index contributed by atoms with van der Waals surface area (Å²) in [6.07, 6.45) is 2.06. The van der Waals surface area contributed by atoms with Crippen LogP contribution in [0.25, 0.3) is 10.9 Å². The molecule has 7 nitrogen and oxygen atoms in total. The minimum atomic E-state index is -1.55. The number of rotatable bonds is 12. The molecule has 0 radical (unpaired) electrons. The summed E-state index contributed by atoms with van der Waals surface area (Å²) >= 11 is 0. The van der Waals surface area contributed by atoms with Gasteiger partial charge in [0.25, 0.3) is 0 Å². The predicted molar refractivity (Wildman–Crippen MR) is 139 cm³/mol. The minimum absolute atomic E-state index is 0.0704. The van der Waals surface area contributed by atoms with Gasteiger partial charge in [0.15, 0.2) is 17.5 Å². The van der Waals surface area contributed by atoms with E-state index in [1.807, 2.05) is 0 Å². The molecule has 40 heavy (non-hydrogen) atoms. The summed E-state index contributed by atoms with van der Waals surface area (Å²) in [6.45, 7) is 0.853. The maximum atomic E-state index is 13.9. The fourth-order valence-corrected chi connectivity index (χ4v) is 5.44. The molecular weight excluding hydrogens is 532 g/mol. The number of carboxylic acids is 1. The molecule has 0 spiro atoms. The molecule has 216 valence electrons. The summed E-state index contributed by atoms with van der Waals surface area (Å²) in [5.41, 5.74) is 0.731. The molecule has 1 aliphatic heterocycles. The van der Waals surface area contributed by atoms with E-state index in [1.54, 1.807) is 18.2 Å². The Labute approximate surface area is 229 Å². The topological polar surface area (TPSA) is 92.1 Å². The summed E-state index contributed by atoms with van der Waals surface area (Å²) in [6, 6.07) is 6.75. The molecule has 2 N–H and O–H groups in total. The molecule has 0 unspecified atom stereocenters. The van der Waals surface area contributed by atoms with Crippen LogP contribution in [-0.2, 0) is 11.5 Å². The van der Waals surface area contributed by atoms with Crippen LogP contribution in [0.2, 0.25) is 0 Å². The van der Waals surface area contributed by atoms with Crippen LogP contribution in [-0.4, -0.2) is 59.4 Å². The van der Waals surface area contributed by atoms with E-state index in [9.17, 15) is 32.6 Å². The van der Waals surface area contributed by atoms with Crippen LogP contribution in [0.3, 0.4) is 0 Å². The van der Waals surface area contributed by atoms with Crippen molar-refractivity contribution in [3.63, 3.8) is 0 Å². The van der Waals surface area contributed by atoms with E-state index in [-0.39, 0.29) is 30.8 Å². The predicted octanol–water partition coefficient (Wildman–Crippen LogP) is 5.58. The maximum Gasteiger partial charge on any atom is 0.303 e. The molecule has 1 aromatic heterocycles. The van der Waals surface area contributed by atoms with E-state index < -0.39 is 41.6 Å². The first-order valence-corrected chi connectivity index (χ1v) is 13.1. The molecule has 3 aromatic rings. The smallest absolute Gasteiger partial charge is 0.303 e. The maximum absolute atomic E-state index is 13.9. The summed E-state index contributed by atoms with van der Waals surface area (Å²) in [5, 5.41) is 21.4. The number of aliphatic hydroxyl groups is 1. The third-order valence-corrected chi connectivity index (χ3v) is 7.70.